The molecule has 0 rings (SSSR count). The highest BCUT2D eigenvalue weighted by Gasteiger charge is 2.29. The van der Waals surface area contributed by atoms with Gasteiger partial charge in [0.25, 0.3) is 0 Å². The van der Waals surface area contributed by atoms with E-state index in [-0.39, 0.29) is 41.1 Å². The number of carbonyl (C=O) groups is 4. The van der Waals surface area contributed by atoms with Crippen molar-refractivity contribution in [1.82, 2.24) is 15.5 Å². The first-order valence-corrected chi connectivity index (χ1v) is 11.3. The van der Waals surface area contributed by atoms with Crippen LogP contribution in [0.1, 0.15) is 53.4 Å². The Morgan fingerprint density at radius 1 is 1.03 bits per heavy atom. The van der Waals surface area contributed by atoms with Gasteiger partial charge in [0.05, 0.1) is 17.8 Å². The molecule has 0 aromatic carbocycles. The van der Waals surface area contributed by atoms with Gasteiger partial charge in [-0.2, -0.15) is 0 Å². The fourth-order valence-corrected chi connectivity index (χ4v) is 3.68. The first-order valence-electron chi connectivity index (χ1n) is 10.1. The lowest BCUT2D eigenvalue weighted by Gasteiger charge is -2.28. The molecule has 0 saturated carbocycles. The molecule has 168 valence electrons. The van der Waals surface area contributed by atoms with Crippen molar-refractivity contribution in [2.75, 3.05) is 25.6 Å². The van der Waals surface area contributed by atoms with Crippen molar-refractivity contribution in [3.8, 4) is 0 Å². The van der Waals surface area contributed by atoms with E-state index in [0.717, 1.165) is 12.8 Å². The third-order valence-electron chi connectivity index (χ3n) is 4.43. The van der Waals surface area contributed by atoms with Crippen LogP contribution in [0.4, 0.5) is 0 Å². The number of nitrogens with zero attached hydrogens (tertiary/aromatic N) is 1. The number of rotatable bonds is 15. The third-order valence-corrected chi connectivity index (χ3v) is 5.49. The third kappa shape index (κ3) is 11.9. The van der Waals surface area contributed by atoms with Gasteiger partial charge in [-0.15, -0.1) is 11.8 Å². The molecule has 0 bridgehead atoms. The Hall–Kier alpha value is -1.61. The number of primary amides is 1. The van der Waals surface area contributed by atoms with Gasteiger partial charge in [0.2, 0.25) is 17.7 Å². The Balaban J connectivity index is 5.16. The molecule has 9 heteroatoms. The van der Waals surface area contributed by atoms with Crippen molar-refractivity contribution in [3.05, 3.63) is 0 Å². The van der Waals surface area contributed by atoms with Crippen LogP contribution in [0.25, 0.3) is 0 Å². The highest BCUT2D eigenvalue weighted by Crippen LogP contribution is 2.11. The minimum absolute atomic E-state index is 0.0771. The maximum absolute atomic E-state index is 12.8. The van der Waals surface area contributed by atoms with Gasteiger partial charge in [-0.05, 0) is 39.8 Å². The minimum Gasteiger partial charge on any atom is -0.369 e. The molecule has 0 aromatic rings. The maximum Gasteiger partial charge on any atom is 0.243 e. The summed E-state index contributed by atoms with van der Waals surface area (Å²) in [5.41, 5.74) is 5.12. The van der Waals surface area contributed by atoms with Crippen molar-refractivity contribution in [2.24, 2.45) is 11.7 Å². The van der Waals surface area contributed by atoms with Crippen LogP contribution in [0, 0.1) is 5.92 Å². The van der Waals surface area contributed by atoms with E-state index in [1.165, 1.54) is 18.7 Å². The second-order valence-corrected chi connectivity index (χ2v) is 9.00. The Morgan fingerprint density at radius 3 is 2.07 bits per heavy atom. The van der Waals surface area contributed by atoms with Crippen molar-refractivity contribution in [3.63, 3.8) is 0 Å². The van der Waals surface area contributed by atoms with E-state index in [0.29, 0.717) is 12.8 Å². The van der Waals surface area contributed by atoms with Gasteiger partial charge in [-0.3, -0.25) is 24.1 Å². The molecule has 0 fully saturated rings. The summed E-state index contributed by atoms with van der Waals surface area (Å²) in [6, 6.07) is -1.77. The van der Waals surface area contributed by atoms with Crippen molar-refractivity contribution >= 4 is 35.3 Å². The number of ketones is 1. The molecule has 0 aliphatic rings. The van der Waals surface area contributed by atoms with Gasteiger partial charge in [0, 0.05) is 5.75 Å². The van der Waals surface area contributed by atoms with E-state index in [2.05, 4.69) is 17.6 Å². The Labute approximate surface area is 179 Å². The number of unbranched alkanes of at least 4 members (excludes halogenated alkanes) is 1. The molecule has 0 aliphatic heterocycles. The monoisotopic (exact) mass is 430 g/mol. The van der Waals surface area contributed by atoms with Crippen molar-refractivity contribution < 1.29 is 19.2 Å². The first-order chi connectivity index (χ1) is 13.5. The molecule has 0 aromatic heterocycles. The van der Waals surface area contributed by atoms with Crippen LogP contribution < -0.4 is 16.4 Å². The van der Waals surface area contributed by atoms with E-state index in [9.17, 15) is 19.2 Å². The largest absolute Gasteiger partial charge is 0.369 e. The van der Waals surface area contributed by atoms with Crippen molar-refractivity contribution in [2.45, 2.75) is 71.5 Å². The van der Waals surface area contributed by atoms with E-state index < -0.39 is 18.0 Å². The molecule has 0 spiro atoms. The predicted molar refractivity (Wildman–Crippen MR) is 118 cm³/mol. The summed E-state index contributed by atoms with van der Waals surface area (Å²) in [5.74, 6) is -0.752. The van der Waals surface area contributed by atoms with E-state index in [4.69, 9.17) is 5.73 Å². The highest BCUT2D eigenvalue weighted by atomic mass is 32.2. The topological polar surface area (TPSA) is 122 Å². The molecular weight excluding hydrogens is 392 g/mol. The van der Waals surface area contributed by atoms with Crippen LogP contribution in [0.15, 0.2) is 0 Å². The SMILES string of the molecule is CCCC[C@@H](C(=O)N[C@@H](CC(C)C)C(=O)NC(CSCC(N)=O)C(C)=O)N(C)C. The number of amides is 3. The Morgan fingerprint density at radius 2 is 1.62 bits per heavy atom. The molecule has 4 N–H and O–H groups in total. The molecule has 8 nitrogen and oxygen atoms in total. The van der Waals surface area contributed by atoms with Gasteiger partial charge in [-0.25, -0.2) is 0 Å². The summed E-state index contributed by atoms with van der Waals surface area (Å²) in [4.78, 5) is 50.3. The fraction of sp³-hybridized carbons (Fsp3) is 0.800. The Bertz CT molecular complexity index is 555. The number of nitrogens with two attached hydrogens (primary N) is 1. The van der Waals surface area contributed by atoms with Crippen LogP contribution in [0.2, 0.25) is 0 Å². The molecule has 3 atom stereocenters. The Kier molecular flexibility index (Phi) is 13.6. The molecule has 0 radical (unpaired) electrons. The summed E-state index contributed by atoms with van der Waals surface area (Å²) in [6.07, 6.45) is 3.08. The van der Waals surface area contributed by atoms with E-state index >= 15 is 0 Å². The van der Waals surface area contributed by atoms with Gasteiger partial charge >= 0.3 is 0 Å². The number of carbonyl (C=O) groups excluding carboxylic acids is 4. The zero-order valence-corrected chi connectivity index (χ0v) is 19.4. The highest BCUT2D eigenvalue weighted by molar-refractivity contribution is 8.00. The van der Waals surface area contributed by atoms with Crippen LogP contribution in [-0.2, 0) is 19.2 Å². The maximum atomic E-state index is 12.8. The molecule has 1 unspecified atom stereocenters. The van der Waals surface area contributed by atoms with E-state index in [1.54, 1.807) is 0 Å². The molecule has 0 aliphatic carbocycles. The summed E-state index contributed by atoms with van der Waals surface area (Å²) < 4.78 is 0. The lowest BCUT2D eigenvalue weighted by atomic mass is 10.0. The van der Waals surface area contributed by atoms with Crippen molar-refractivity contribution in [1.29, 1.82) is 0 Å². The van der Waals surface area contributed by atoms with Gasteiger partial charge in [-0.1, -0.05) is 33.6 Å². The molecule has 29 heavy (non-hydrogen) atoms. The summed E-state index contributed by atoms with van der Waals surface area (Å²) in [6.45, 7) is 7.40. The number of Topliss-reactive ketones (excluding diaryl/α,β-unsaturated/α-hetero) is 1. The van der Waals surface area contributed by atoms with Gasteiger partial charge in [0.15, 0.2) is 5.78 Å². The smallest absolute Gasteiger partial charge is 0.243 e. The molecule has 0 saturated heterocycles. The van der Waals surface area contributed by atoms with Gasteiger partial charge in [0.1, 0.15) is 6.04 Å². The zero-order valence-electron chi connectivity index (χ0n) is 18.6. The van der Waals surface area contributed by atoms with Crippen LogP contribution in [0.3, 0.4) is 0 Å². The number of hydrogen-bond acceptors (Lipinski definition) is 6. The fourth-order valence-electron chi connectivity index (χ4n) is 2.80. The molecule has 3 amide bonds. The number of hydrogen-bond donors (Lipinski definition) is 3. The minimum atomic E-state index is -0.733. The predicted octanol–water partition coefficient (Wildman–Crippen LogP) is 0.930. The lowest BCUT2D eigenvalue weighted by Crippen LogP contribution is -2.55. The quantitative estimate of drug-likeness (QED) is 0.355. The average molecular weight is 431 g/mol. The number of likely N-dealkylation sites (N-methyl/N-ethyl adjacent to an activating group) is 1. The number of nitrogens with one attached hydrogen (secondary N) is 2. The van der Waals surface area contributed by atoms with E-state index in [1.807, 2.05) is 32.8 Å². The van der Waals surface area contributed by atoms with Crippen LogP contribution >= 0.6 is 11.8 Å². The van der Waals surface area contributed by atoms with Gasteiger partial charge < -0.3 is 16.4 Å². The summed E-state index contributed by atoms with van der Waals surface area (Å²) >= 11 is 1.19. The van der Waals surface area contributed by atoms with Crippen LogP contribution in [0.5, 0.6) is 0 Å². The molecular formula is C20H38N4O4S. The second kappa shape index (κ2) is 14.4. The zero-order chi connectivity index (χ0) is 22.6. The lowest BCUT2D eigenvalue weighted by molar-refractivity contribution is -0.133. The van der Waals surface area contributed by atoms with Crippen LogP contribution in [-0.4, -0.2) is 72.1 Å². The summed E-state index contributed by atoms with van der Waals surface area (Å²) in [7, 11) is 3.69. The molecule has 0 heterocycles. The normalized spacial score (nSPS) is 14.3. The average Bonchev–Trinajstić information content (AvgIpc) is 2.59. The standard InChI is InChI=1S/C20H38N4O4S/c1-7-8-9-17(24(5)6)20(28)22-15(10-13(2)3)19(27)23-16(14(4)25)11-29-12-18(21)26/h13,15-17H,7-12H2,1-6H3,(H2,21,26)(H,22,28)(H,23,27)/t15-,16?,17-/m0/s1. The second-order valence-electron chi connectivity index (χ2n) is 7.97. The summed E-state index contributed by atoms with van der Waals surface area (Å²) in [5, 5.41) is 5.59. The first kappa shape index (κ1) is 27.4. The number of thioether (sulfide) groups is 1.